The summed E-state index contributed by atoms with van der Waals surface area (Å²) in [5.41, 5.74) is 2.07. The first-order valence-electron chi connectivity index (χ1n) is 12.0. The van der Waals surface area contributed by atoms with E-state index in [1.54, 1.807) is 18.5 Å². The second kappa shape index (κ2) is 9.25. The van der Waals surface area contributed by atoms with Gasteiger partial charge in [-0.2, -0.15) is 0 Å². The standard InChI is InChI=1S/C25H32FN5O2/c1-2-33-24(32)31-17-25(18-31)6-3-19(14-25)16-29-9-11-30(12-10-29)23-22(13-21(26)15-28-23)20-4-7-27-8-5-20/h4-5,7-8,13,15,19H,2-3,6,9-12,14,16-18H2,1H3/t19-/m1/s1. The van der Waals surface area contributed by atoms with Crippen molar-refractivity contribution >= 4 is 11.9 Å². The average Bonchev–Trinajstić information content (AvgIpc) is 3.24. The normalized spacial score (nSPS) is 22.4. The van der Waals surface area contributed by atoms with Crippen LogP contribution in [0.15, 0.2) is 36.8 Å². The Morgan fingerprint density at radius 2 is 1.97 bits per heavy atom. The van der Waals surface area contributed by atoms with Crippen molar-refractivity contribution in [3.05, 3.63) is 42.6 Å². The fourth-order valence-electron chi connectivity index (χ4n) is 5.81. The number of aromatic nitrogens is 2. The predicted octanol–water partition coefficient (Wildman–Crippen LogP) is 3.66. The van der Waals surface area contributed by atoms with Crippen LogP contribution < -0.4 is 4.90 Å². The van der Waals surface area contributed by atoms with Crippen molar-refractivity contribution in [2.24, 2.45) is 11.3 Å². The number of hydrogen-bond acceptors (Lipinski definition) is 6. The summed E-state index contributed by atoms with van der Waals surface area (Å²) < 4.78 is 19.1. The lowest BCUT2D eigenvalue weighted by molar-refractivity contribution is -0.00128. The van der Waals surface area contributed by atoms with Crippen molar-refractivity contribution in [3.8, 4) is 11.1 Å². The van der Waals surface area contributed by atoms with E-state index in [0.29, 0.717) is 17.9 Å². The second-order valence-electron chi connectivity index (χ2n) is 9.71. The van der Waals surface area contributed by atoms with E-state index in [1.807, 2.05) is 24.0 Å². The van der Waals surface area contributed by atoms with Gasteiger partial charge in [0, 0.05) is 69.2 Å². The Morgan fingerprint density at radius 1 is 1.21 bits per heavy atom. The van der Waals surface area contributed by atoms with Crippen LogP contribution in [0.1, 0.15) is 26.2 Å². The molecule has 8 heteroatoms. The van der Waals surface area contributed by atoms with Crippen LogP contribution in [0.2, 0.25) is 0 Å². The number of likely N-dealkylation sites (tertiary alicyclic amines) is 1. The molecular formula is C25H32FN5O2. The molecule has 2 aromatic heterocycles. The van der Waals surface area contributed by atoms with Crippen LogP contribution in [0.25, 0.3) is 11.1 Å². The highest BCUT2D eigenvalue weighted by Crippen LogP contribution is 2.48. The Labute approximate surface area is 194 Å². The summed E-state index contributed by atoms with van der Waals surface area (Å²) in [7, 11) is 0. The zero-order chi connectivity index (χ0) is 22.8. The number of pyridine rings is 2. The van der Waals surface area contributed by atoms with Gasteiger partial charge in [-0.3, -0.25) is 9.88 Å². The number of ether oxygens (including phenoxy) is 1. The van der Waals surface area contributed by atoms with Gasteiger partial charge in [0.2, 0.25) is 0 Å². The summed E-state index contributed by atoms with van der Waals surface area (Å²) in [5, 5.41) is 0. The fourth-order valence-corrected chi connectivity index (χ4v) is 5.81. The van der Waals surface area contributed by atoms with E-state index in [9.17, 15) is 9.18 Å². The summed E-state index contributed by atoms with van der Waals surface area (Å²) in [4.78, 5) is 27.1. The molecule has 2 aromatic rings. The zero-order valence-electron chi connectivity index (χ0n) is 19.3. The molecule has 1 atom stereocenters. The first kappa shape index (κ1) is 22.1. The van der Waals surface area contributed by atoms with Crippen LogP contribution in [0.5, 0.6) is 0 Å². The lowest BCUT2D eigenvalue weighted by Gasteiger charge is -2.47. The summed E-state index contributed by atoms with van der Waals surface area (Å²) in [6, 6.07) is 5.37. The van der Waals surface area contributed by atoms with E-state index >= 15 is 0 Å². The number of rotatable bonds is 5. The Kier molecular flexibility index (Phi) is 6.19. The Bertz CT molecular complexity index is 974. The lowest BCUT2D eigenvalue weighted by atomic mass is 9.78. The number of carbonyl (C=O) groups excluding carboxylic acids is 1. The molecule has 5 rings (SSSR count). The van der Waals surface area contributed by atoms with E-state index in [1.165, 1.54) is 25.5 Å². The highest BCUT2D eigenvalue weighted by Gasteiger charge is 2.50. The molecule has 176 valence electrons. The number of hydrogen-bond donors (Lipinski definition) is 0. The van der Waals surface area contributed by atoms with Crippen LogP contribution >= 0.6 is 0 Å². The highest BCUT2D eigenvalue weighted by molar-refractivity contribution is 5.75. The van der Waals surface area contributed by atoms with Crippen LogP contribution in [0.3, 0.4) is 0 Å². The minimum absolute atomic E-state index is 0.164. The molecule has 2 aliphatic heterocycles. The van der Waals surface area contributed by atoms with Crippen LogP contribution in [-0.2, 0) is 4.74 Å². The predicted molar refractivity (Wildman–Crippen MR) is 124 cm³/mol. The summed E-state index contributed by atoms with van der Waals surface area (Å²) in [6.45, 7) is 8.83. The Morgan fingerprint density at radius 3 is 2.70 bits per heavy atom. The van der Waals surface area contributed by atoms with E-state index in [2.05, 4.69) is 19.8 Å². The molecule has 33 heavy (non-hydrogen) atoms. The van der Waals surface area contributed by atoms with Gasteiger partial charge in [-0.05, 0) is 55.9 Å². The quantitative estimate of drug-likeness (QED) is 0.689. The number of anilines is 1. The molecule has 0 radical (unpaired) electrons. The molecular weight excluding hydrogens is 421 g/mol. The summed E-state index contributed by atoms with van der Waals surface area (Å²) in [5.74, 6) is 1.21. The summed E-state index contributed by atoms with van der Waals surface area (Å²) in [6.07, 6.45) is 8.25. The third kappa shape index (κ3) is 4.67. The maximum Gasteiger partial charge on any atom is 0.409 e. The molecule has 0 bridgehead atoms. The molecule has 1 spiro atoms. The third-order valence-electron chi connectivity index (χ3n) is 7.40. The molecule has 7 nitrogen and oxygen atoms in total. The van der Waals surface area contributed by atoms with E-state index in [0.717, 1.165) is 62.8 Å². The largest absolute Gasteiger partial charge is 0.450 e. The van der Waals surface area contributed by atoms with Crippen molar-refractivity contribution in [1.82, 2.24) is 19.8 Å². The first-order chi connectivity index (χ1) is 16.0. The van der Waals surface area contributed by atoms with E-state index < -0.39 is 0 Å². The number of nitrogens with zero attached hydrogens (tertiary/aromatic N) is 5. The van der Waals surface area contributed by atoms with Crippen molar-refractivity contribution in [2.45, 2.75) is 26.2 Å². The molecule has 0 unspecified atom stereocenters. The first-order valence-corrected chi connectivity index (χ1v) is 12.0. The highest BCUT2D eigenvalue weighted by atomic mass is 19.1. The van der Waals surface area contributed by atoms with Gasteiger partial charge in [-0.1, -0.05) is 0 Å². The molecule has 1 amide bonds. The van der Waals surface area contributed by atoms with Gasteiger partial charge in [0.15, 0.2) is 0 Å². The van der Waals surface area contributed by atoms with Gasteiger partial charge in [-0.25, -0.2) is 14.2 Å². The van der Waals surface area contributed by atoms with Crippen LogP contribution in [0, 0.1) is 17.2 Å². The Balaban J connectivity index is 1.15. The minimum Gasteiger partial charge on any atom is -0.450 e. The zero-order valence-corrected chi connectivity index (χ0v) is 19.3. The number of piperazine rings is 1. The average molecular weight is 454 g/mol. The van der Waals surface area contributed by atoms with E-state index in [-0.39, 0.29) is 11.9 Å². The van der Waals surface area contributed by atoms with Gasteiger partial charge in [-0.15, -0.1) is 0 Å². The molecule has 0 N–H and O–H groups in total. The maximum absolute atomic E-state index is 14.0. The molecule has 1 saturated carbocycles. The van der Waals surface area contributed by atoms with Crippen molar-refractivity contribution in [3.63, 3.8) is 0 Å². The Hall–Kier alpha value is -2.74. The number of halogens is 1. The smallest absolute Gasteiger partial charge is 0.409 e. The minimum atomic E-state index is -0.322. The van der Waals surface area contributed by atoms with Crippen LogP contribution in [0.4, 0.5) is 15.0 Å². The SMILES string of the molecule is CCOC(=O)N1CC2(CC[C@@H](CN3CCN(c4ncc(F)cc4-c4ccncc4)CC3)C2)C1. The molecule has 1 aliphatic carbocycles. The van der Waals surface area contributed by atoms with Gasteiger partial charge >= 0.3 is 6.09 Å². The molecule has 0 aromatic carbocycles. The molecule has 3 aliphatic rings. The van der Waals surface area contributed by atoms with Gasteiger partial charge < -0.3 is 14.5 Å². The van der Waals surface area contributed by atoms with Gasteiger partial charge in [0.1, 0.15) is 11.6 Å². The third-order valence-corrected chi connectivity index (χ3v) is 7.40. The maximum atomic E-state index is 14.0. The molecule has 4 heterocycles. The monoisotopic (exact) mass is 453 g/mol. The number of amides is 1. The van der Waals surface area contributed by atoms with Crippen molar-refractivity contribution in [2.75, 3.05) is 57.3 Å². The second-order valence-corrected chi connectivity index (χ2v) is 9.71. The van der Waals surface area contributed by atoms with Crippen molar-refractivity contribution < 1.29 is 13.9 Å². The topological polar surface area (TPSA) is 61.8 Å². The van der Waals surface area contributed by atoms with Gasteiger partial charge in [0.05, 0.1) is 12.8 Å². The molecule has 2 saturated heterocycles. The number of carbonyl (C=O) groups is 1. The lowest BCUT2D eigenvalue weighted by Crippen LogP contribution is -2.57. The van der Waals surface area contributed by atoms with E-state index in [4.69, 9.17) is 4.74 Å². The van der Waals surface area contributed by atoms with Crippen LogP contribution in [-0.4, -0.2) is 78.3 Å². The van der Waals surface area contributed by atoms with Gasteiger partial charge in [0.25, 0.3) is 0 Å². The van der Waals surface area contributed by atoms with Crippen molar-refractivity contribution in [1.29, 1.82) is 0 Å². The fraction of sp³-hybridized carbons (Fsp3) is 0.560. The molecule has 3 fully saturated rings. The summed E-state index contributed by atoms with van der Waals surface area (Å²) >= 11 is 0.